The Balaban J connectivity index is 2.35. The summed E-state index contributed by atoms with van der Waals surface area (Å²) in [5, 5.41) is 4.12. The van der Waals surface area contributed by atoms with E-state index in [1.54, 1.807) is 10.9 Å². The number of hydrogen-bond acceptors (Lipinski definition) is 4. The van der Waals surface area contributed by atoms with Gasteiger partial charge in [-0.3, -0.25) is 0 Å². The van der Waals surface area contributed by atoms with Gasteiger partial charge in [0.25, 0.3) is 0 Å². The molecule has 0 radical (unpaired) electrons. The van der Waals surface area contributed by atoms with E-state index in [4.69, 9.17) is 0 Å². The first kappa shape index (κ1) is 12.6. The third-order valence-corrected chi connectivity index (χ3v) is 3.55. The van der Waals surface area contributed by atoms with Crippen LogP contribution in [-0.4, -0.2) is 38.5 Å². The molecule has 0 saturated carbocycles. The van der Waals surface area contributed by atoms with Crippen LogP contribution in [0.4, 0.5) is 5.69 Å². The second-order valence-electron chi connectivity index (χ2n) is 4.28. The first-order chi connectivity index (χ1) is 8.38. The van der Waals surface area contributed by atoms with E-state index in [9.17, 15) is 8.42 Å². The van der Waals surface area contributed by atoms with Gasteiger partial charge in [0.15, 0.2) is 14.9 Å². The second kappa shape index (κ2) is 4.45. The summed E-state index contributed by atoms with van der Waals surface area (Å²) < 4.78 is 24.2. The molecule has 0 aliphatic rings. The predicted octanol–water partition coefficient (Wildman–Crippen LogP) is 1.34. The monoisotopic (exact) mass is 265 g/mol. The maximum Gasteiger partial charge on any atom is 0.194 e. The largest absolute Gasteiger partial charge is 0.378 e. The predicted molar refractivity (Wildman–Crippen MR) is 71.0 cm³/mol. The third kappa shape index (κ3) is 2.53. The van der Waals surface area contributed by atoms with E-state index in [2.05, 4.69) is 5.10 Å². The summed E-state index contributed by atoms with van der Waals surface area (Å²) in [6.45, 7) is 0. The number of aromatic nitrogens is 2. The highest BCUT2D eigenvalue weighted by molar-refractivity contribution is 7.90. The van der Waals surface area contributed by atoms with Crippen molar-refractivity contribution < 1.29 is 8.42 Å². The number of nitrogens with zero attached hydrogens (tertiary/aromatic N) is 3. The lowest BCUT2D eigenvalue weighted by Gasteiger charge is -2.12. The second-order valence-corrected chi connectivity index (χ2v) is 6.24. The highest BCUT2D eigenvalue weighted by Gasteiger charge is 2.11. The van der Waals surface area contributed by atoms with Gasteiger partial charge in [-0.25, -0.2) is 13.1 Å². The Kier molecular flexibility index (Phi) is 3.13. The molecule has 96 valence electrons. The van der Waals surface area contributed by atoms with Crippen molar-refractivity contribution >= 4 is 15.5 Å². The molecule has 0 saturated heterocycles. The van der Waals surface area contributed by atoms with Gasteiger partial charge in [-0.05, 0) is 30.3 Å². The van der Waals surface area contributed by atoms with Crippen LogP contribution in [0.1, 0.15) is 0 Å². The minimum absolute atomic E-state index is 0.0826. The molecule has 18 heavy (non-hydrogen) atoms. The van der Waals surface area contributed by atoms with Crippen molar-refractivity contribution in [2.75, 3.05) is 25.3 Å². The van der Waals surface area contributed by atoms with Crippen LogP contribution in [0.25, 0.3) is 5.69 Å². The fourth-order valence-electron chi connectivity index (χ4n) is 1.55. The number of sulfone groups is 1. The fourth-order valence-corrected chi connectivity index (χ4v) is 2.10. The van der Waals surface area contributed by atoms with Crippen LogP contribution in [0, 0.1) is 0 Å². The smallest absolute Gasteiger partial charge is 0.194 e. The first-order valence-electron chi connectivity index (χ1n) is 5.41. The summed E-state index contributed by atoms with van der Waals surface area (Å²) in [5.41, 5.74) is 1.91. The zero-order valence-electron chi connectivity index (χ0n) is 10.5. The number of anilines is 1. The van der Waals surface area contributed by atoms with Crippen molar-refractivity contribution in [3.63, 3.8) is 0 Å². The summed E-state index contributed by atoms with van der Waals surface area (Å²) in [6, 6.07) is 9.20. The Labute approximate surface area is 107 Å². The van der Waals surface area contributed by atoms with E-state index in [1.807, 2.05) is 43.3 Å². The van der Waals surface area contributed by atoms with Crippen molar-refractivity contribution in [1.29, 1.82) is 0 Å². The van der Waals surface area contributed by atoms with Crippen LogP contribution >= 0.6 is 0 Å². The molecule has 2 aromatic rings. The van der Waals surface area contributed by atoms with Crippen molar-refractivity contribution in [3.8, 4) is 5.69 Å². The van der Waals surface area contributed by atoms with Gasteiger partial charge < -0.3 is 4.90 Å². The minimum atomic E-state index is -3.25. The first-order valence-corrected chi connectivity index (χ1v) is 7.30. The average Bonchev–Trinajstić information content (AvgIpc) is 2.78. The molecule has 5 nitrogen and oxygen atoms in total. The highest BCUT2D eigenvalue weighted by Crippen LogP contribution is 2.16. The van der Waals surface area contributed by atoms with Crippen molar-refractivity contribution in [2.24, 2.45) is 0 Å². The van der Waals surface area contributed by atoms with Gasteiger partial charge in [0, 0.05) is 32.2 Å². The van der Waals surface area contributed by atoms with Gasteiger partial charge >= 0.3 is 0 Å². The summed E-state index contributed by atoms with van der Waals surface area (Å²) in [7, 11) is 0.674. The van der Waals surface area contributed by atoms with Gasteiger partial charge in [0.2, 0.25) is 0 Å². The van der Waals surface area contributed by atoms with E-state index in [-0.39, 0.29) is 5.03 Å². The third-order valence-electron chi connectivity index (χ3n) is 2.58. The van der Waals surface area contributed by atoms with Gasteiger partial charge in [-0.2, -0.15) is 5.10 Å². The van der Waals surface area contributed by atoms with E-state index in [1.165, 1.54) is 6.07 Å². The molecule has 0 amide bonds. The summed E-state index contributed by atoms with van der Waals surface area (Å²) in [5.74, 6) is 0. The maximum absolute atomic E-state index is 11.3. The maximum atomic E-state index is 11.3. The van der Waals surface area contributed by atoms with Crippen molar-refractivity contribution in [1.82, 2.24) is 9.78 Å². The molecule has 6 heteroatoms. The van der Waals surface area contributed by atoms with E-state index in [0.29, 0.717) is 0 Å². The summed E-state index contributed by atoms with van der Waals surface area (Å²) in [6.07, 6.45) is 2.79. The van der Waals surface area contributed by atoms with Crippen LogP contribution in [0.5, 0.6) is 0 Å². The van der Waals surface area contributed by atoms with Crippen LogP contribution in [0.15, 0.2) is 41.6 Å². The Hall–Kier alpha value is -1.82. The number of rotatable bonds is 3. The molecule has 0 spiro atoms. The lowest BCUT2D eigenvalue weighted by molar-refractivity contribution is 0.596. The fraction of sp³-hybridized carbons (Fsp3) is 0.250. The Bertz CT molecular complexity index is 642. The molecule has 0 fully saturated rings. The van der Waals surface area contributed by atoms with Gasteiger partial charge in [0.1, 0.15) is 0 Å². The zero-order chi connectivity index (χ0) is 13.3. The normalized spacial score (nSPS) is 11.5. The molecule has 0 N–H and O–H groups in total. The van der Waals surface area contributed by atoms with Crippen molar-refractivity contribution in [3.05, 3.63) is 36.5 Å². The zero-order valence-corrected chi connectivity index (χ0v) is 11.3. The van der Waals surface area contributed by atoms with Crippen LogP contribution in [0.2, 0.25) is 0 Å². The topological polar surface area (TPSA) is 55.2 Å². The van der Waals surface area contributed by atoms with Gasteiger partial charge in [-0.1, -0.05) is 0 Å². The summed E-state index contributed by atoms with van der Waals surface area (Å²) in [4.78, 5) is 1.99. The van der Waals surface area contributed by atoms with Gasteiger partial charge in [-0.15, -0.1) is 0 Å². The van der Waals surface area contributed by atoms with Crippen LogP contribution in [0.3, 0.4) is 0 Å². The number of benzene rings is 1. The molecular weight excluding hydrogens is 250 g/mol. The Morgan fingerprint density at radius 1 is 1.11 bits per heavy atom. The van der Waals surface area contributed by atoms with Gasteiger partial charge in [0.05, 0.1) is 5.69 Å². The Morgan fingerprint density at radius 3 is 2.17 bits per heavy atom. The lowest BCUT2D eigenvalue weighted by atomic mass is 10.2. The highest BCUT2D eigenvalue weighted by atomic mass is 32.2. The molecule has 0 atom stereocenters. The molecule has 0 aliphatic carbocycles. The quantitative estimate of drug-likeness (QED) is 0.840. The van der Waals surface area contributed by atoms with Crippen molar-refractivity contribution in [2.45, 2.75) is 5.03 Å². The SMILES string of the molecule is CN(C)c1ccc(-n2ccc(S(C)(=O)=O)n2)cc1. The average molecular weight is 265 g/mol. The molecule has 0 aliphatic heterocycles. The minimum Gasteiger partial charge on any atom is -0.378 e. The Morgan fingerprint density at radius 2 is 1.72 bits per heavy atom. The van der Waals surface area contributed by atoms with E-state index >= 15 is 0 Å². The standard InChI is InChI=1S/C12H15N3O2S/c1-14(2)10-4-6-11(7-5-10)15-9-8-12(13-15)18(3,16)17/h4-9H,1-3H3. The molecule has 1 aromatic heterocycles. The number of hydrogen-bond donors (Lipinski definition) is 0. The van der Waals surface area contributed by atoms with E-state index in [0.717, 1.165) is 17.6 Å². The molecule has 1 heterocycles. The van der Waals surface area contributed by atoms with Crippen LogP contribution in [-0.2, 0) is 9.84 Å². The van der Waals surface area contributed by atoms with E-state index < -0.39 is 9.84 Å². The molecule has 0 bridgehead atoms. The van der Waals surface area contributed by atoms with Crippen LogP contribution < -0.4 is 4.90 Å². The lowest BCUT2D eigenvalue weighted by Crippen LogP contribution is -2.08. The molecule has 1 aromatic carbocycles. The molecule has 2 rings (SSSR count). The molecular formula is C12H15N3O2S. The summed E-state index contributed by atoms with van der Waals surface area (Å²) >= 11 is 0. The molecule has 0 unspecified atom stereocenters.